The number of para-hydroxylation sites is 1. The molecule has 2 N–H and O–H groups in total. The first-order chi connectivity index (χ1) is 20.5. The number of aromatic nitrogens is 2. The van der Waals surface area contributed by atoms with Crippen LogP contribution in [-0.2, 0) is 6.42 Å². The van der Waals surface area contributed by atoms with Crippen molar-refractivity contribution < 1.29 is 9.53 Å². The summed E-state index contributed by atoms with van der Waals surface area (Å²) in [4.78, 5) is 29.4. The van der Waals surface area contributed by atoms with Gasteiger partial charge in [-0.25, -0.2) is 19.7 Å². The molecule has 6 rings (SSSR count). The molecule has 42 heavy (non-hydrogen) atoms. The van der Waals surface area contributed by atoms with E-state index in [1.165, 1.54) is 11.9 Å². The first-order valence-corrected chi connectivity index (χ1v) is 14.6. The Morgan fingerprint density at radius 3 is 2.45 bits per heavy atom. The van der Waals surface area contributed by atoms with Gasteiger partial charge in [0.25, 0.3) is 0 Å². The number of hydrogen-bond acceptors (Lipinski definition) is 7. The second-order valence-corrected chi connectivity index (χ2v) is 10.8. The molecule has 0 unspecified atom stereocenters. The van der Waals surface area contributed by atoms with Gasteiger partial charge in [0.05, 0.1) is 12.3 Å². The molecule has 0 bridgehead atoms. The van der Waals surface area contributed by atoms with Crippen LogP contribution in [0.2, 0.25) is 0 Å². The highest BCUT2D eigenvalue weighted by Crippen LogP contribution is 2.32. The fraction of sp³-hybridized carbons (Fsp3) is 0.303. The Balaban J connectivity index is 1.30. The zero-order valence-electron chi connectivity index (χ0n) is 24.4. The van der Waals surface area contributed by atoms with Crippen LogP contribution in [0.4, 0.5) is 39.2 Å². The van der Waals surface area contributed by atoms with E-state index in [4.69, 9.17) is 4.74 Å². The van der Waals surface area contributed by atoms with E-state index in [0.29, 0.717) is 23.9 Å². The Hall–Kier alpha value is -4.63. The van der Waals surface area contributed by atoms with E-state index in [9.17, 15) is 4.79 Å². The van der Waals surface area contributed by atoms with Gasteiger partial charge in [0.15, 0.2) is 0 Å². The minimum absolute atomic E-state index is 0.295. The van der Waals surface area contributed by atoms with Gasteiger partial charge in [0.1, 0.15) is 23.7 Å². The molecule has 2 aliphatic rings. The maximum atomic E-state index is 14.0. The molecule has 0 atom stereocenters. The highest BCUT2D eigenvalue weighted by atomic mass is 16.5. The van der Waals surface area contributed by atoms with Crippen molar-refractivity contribution in [3.8, 4) is 5.75 Å². The molecule has 9 heteroatoms. The predicted octanol–water partition coefficient (Wildman–Crippen LogP) is 6.28. The zero-order chi connectivity index (χ0) is 29.1. The normalized spacial score (nSPS) is 14.7. The van der Waals surface area contributed by atoms with E-state index >= 15 is 0 Å². The number of nitrogens with one attached hydrogen (secondary N) is 2. The maximum absolute atomic E-state index is 14.0. The number of urea groups is 1. The fourth-order valence-corrected chi connectivity index (χ4v) is 5.61. The standard InChI is InChI=1S/C33H37N7O2/c1-4-38-15-17-39(18-16-38)27-9-11-28(12-10-27)40(33(41)37-32-23(2)6-5-7-24(32)3)31-21-30(34-22-35-31)36-26-8-13-29-25(20-26)14-19-42-29/h5-13,20-22H,4,14-19H2,1-3H3,(H,37,41)(H,34,35,36). The minimum Gasteiger partial charge on any atom is -0.493 e. The lowest BCUT2D eigenvalue weighted by molar-refractivity contribution is 0.259. The summed E-state index contributed by atoms with van der Waals surface area (Å²) in [6.07, 6.45) is 2.37. The largest absolute Gasteiger partial charge is 0.493 e. The lowest BCUT2D eigenvalue weighted by atomic mass is 10.1. The number of benzene rings is 3. The van der Waals surface area contributed by atoms with Crippen LogP contribution in [0.5, 0.6) is 5.75 Å². The summed E-state index contributed by atoms with van der Waals surface area (Å²) in [5.41, 5.74) is 6.73. The Morgan fingerprint density at radius 2 is 1.71 bits per heavy atom. The van der Waals surface area contributed by atoms with E-state index in [1.807, 2.05) is 56.3 Å². The summed E-state index contributed by atoms with van der Waals surface area (Å²) in [6.45, 7) is 12.1. The van der Waals surface area contributed by atoms with Crippen molar-refractivity contribution in [2.24, 2.45) is 0 Å². The molecule has 1 fully saturated rings. The number of ether oxygens (including phenoxy) is 1. The van der Waals surface area contributed by atoms with Crippen molar-refractivity contribution in [3.63, 3.8) is 0 Å². The van der Waals surface area contributed by atoms with Crippen LogP contribution in [0.3, 0.4) is 0 Å². The van der Waals surface area contributed by atoms with E-state index < -0.39 is 0 Å². The summed E-state index contributed by atoms with van der Waals surface area (Å²) in [6, 6.07) is 21.6. The highest BCUT2D eigenvalue weighted by Gasteiger charge is 2.23. The molecule has 0 radical (unpaired) electrons. The second-order valence-electron chi connectivity index (χ2n) is 10.8. The van der Waals surface area contributed by atoms with Gasteiger partial charge < -0.3 is 25.2 Å². The van der Waals surface area contributed by atoms with E-state index in [2.05, 4.69) is 55.5 Å². The molecule has 2 amide bonds. The molecule has 3 aromatic carbocycles. The Kier molecular flexibility index (Phi) is 7.92. The first-order valence-electron chi connectivity index (χ1n) is 14.6. The van der Waals surface area contributed by atoms with Gasteiger partial charge in [-0.15, -0.1) is 0 Å². The van der Waals surface area contributed by atoms with E-state index in [0.717, 1.165) is 73.1 Å². The number of carbonyl (C=O) groups is 1. The molecule has 2 aliphatic heterocycles. The van der Waals surface area contributed by atoms with Crippen LogP contribution in [0.1, 0.15) is 23.6 Å². The van der Waals surface area contributed by atoms with Gasteiger partial charge in [-0.05, 0) is 79.5 Å². The predicted molar refractivity (Wildman–Crippen MR) is 169 cm³/mol. The summed E-state index contributed by atoms with van der Waals surface area (Å²) < 4.78 is 5.64. The third-order valence-corrected chi connectivity index (χ3v) is 8.05. The van der Waals surface area contributed by atoms with Crippen molar-refractivity contribution in [2.45, 2.75) is 27.2 Å². The van der Waals surface area contributed by atoms with E-state index in [-0.39, 0.29) is 6.03 Å². The number of fused-ring (bicyclic) bond motifs is 1. The lowest BCUT2D eigenvalue weighted by Gasteiger charge is -2.35. The van der Waals surface area contributed by atoms with Crippen molar-refractivity contribution in [1.29, 1.82) is 0 Å². The van der Waals surface area contributed by atoms with Crippen LogP contribution >= 0.6 is 0 Å². The number of aryl methyl sites for hydroxylation is 2. The van der Waals surface area contributed by atoms with Gasteiger partial charge in [-0.3, -0.25) is 0 Å². The molecule has 1 saturated heterocycles. The number of likely N-dealkylation sites (N-methyl/N-ethyl adjacent to an activating group) is 1. The SMILES string of the molecule is CCN1CCN(c2ccc(N(C(=O)Nc3c(C)cccc3C)c3cc(Nc4ccc5c(c4)CCO5)ncn3)cc2)CC1. The Bertz CT molecular complexity index is 1550. The molecule has 216 valence electrons. The molecule has 1 aromatic heterocycles. The minimum atomic E-state index is -0.295. The smallest absolute Gasteiger partial charge is 0.332 e. The van der Waals surface area contributed by atoms with Gasteiger partial charge in [0, 0.05) is 55.7 Å². The molecule has 0 spiro atoms. The third kappa shape index (κ3) is 5.87. The quantitative estimate of drug-likeness (QED) is 0.274. The molecule has 4 aromatic rings. The van der Waals surface area contributed by atoms with Crippen molar-refractivity contribution in [3.05, 3.63) is 89.7 Å². The van der Waals surface area contributed by atoms with Crippen molar-refractivity contribution in [1.82, 2.24) is 14.9 Å². The number of carbonyl (C=O) groups excluding carboxylic acids is 1. The fourth-order valence-electron chi connectivity index (χ4n) is 5.61. The van der Waals surface area contributed by atoms with Gasteiger partial charge in [-0.2, -0.15) is 0 Å². The van der Waals surface area contributed by atoms with Crippen LogP contribution < -0.4 is 25.2 Å². The molecule has 9 nitrogen and oxygen atoms in total. The third-order valence-electron chi connectivity index (χ3n) is 8.05. The summed E-state index contributed by atoms with van der Waals surface area (Å²) in [5, 5.41) is 6.51. The second kappa shape index (κ2) is 12.1. The van der Waals surface area contributed by atoms with Crippen LogP contribution in [0.25, 0.3) is 0 Å². The molecular weight excluding hydrogens is 526 g/mol. The molecule has 3 heterocycles. The van der Waals surface area contributed by atoms with Gasteiger partial charge in [-0.1, -0.05) is 25.1 Å². The Labute approximate surface area is 247 Å². The summed E-state index contributed by atoms with van der Waals surface area (Å²) in [7, 11) is 0. The highest BCUT2D eigenvalue weighted by molar-refractivity contribution is 6.07. The zero-order valence-corrected chi connectivity index (χ0v) is 24.4. The summed E-state index contributed by atoms with van der Waals surface area (Å²) in [5.74, 6) is 1.98. The number of rotatable bonds is 7. The maximum Gasteiger partial charge on any atom is 0.332 e. The van der Waals surface area contributed by atoms with Crippen LogP contribution in [0.15, 0.2) is 73.1 Å². The van der Waals surface area contributed by atoms with Gasteiger partial charge >= 0.3 is 6.03 Å². The lowest BCUT2D eigenvalue weighted by Crippen LogP contribution is -2.46. The first kappa shape index (κ1) is 27.5. The number of hydrogen-bond donors (Lipinski definition) is 2. The average molecular weight is 564 g/mol. The van der Waals surface area contributed by atoms with Crippen molar-refractivity contribution >= 4 is 40.4 Å². The van der Waals surface area contributed by atoms with Gasteiger partial charge in [0.2, 0.25) is 0 Å². The number of piperazine rings is 1. The van der Waals surface area contributed by atoms with E-state index in [1.54, 1.807) is 11.0 Å². The molecule has 0 saturated carbocycles. The number of nitrogens with zero attached hydrogens (tertiary/aromatic N) is 5. The van der Waals surface area contributed by atoms with Crippen molar-refractivity contribution in [2.75, 3.05) is 59.8 Å². The van der Waals surface area contributed by atoms with Crippen LogP contribution in [-0.4, -0.2) is 60.2 Å². The molecule has 0 aliphatic carbocycles. The van der Waals surface area contributed by atoms with Crippen LogP contribution in [0, 0.1) is 13.8 Å². The summed E-state index contributed by atoms with van der Waals surface area (Å²) >= 11 is 0. The monoisotopic (exact) mass is 563 g/mol. The molecular formula is C33H37N7O2. The average Bonchev–Trinajstić information content (AvgIpc) is 3.48. The Morgan fingerprint density at radius 1 is 0.952 bits per heavy atom. The topological polar surface area (TPSA) is 85.9 Å². The number of amides is 2. The number of anilines is 6.